The van der Waals surface area contributed by atoms with Gasteiger partial charge in [-0.15, -0.1) is 0 Å². The second-order valence-corrected chi connectivity index (χ2v) is 5.09. The van der Waals surface area contributed by atoms with Crippen LogP contribution >= 0.6 is 0 Å². The zero-order valence-corrected chi connectivity index (χ0v) is 11.5. The molecule has 0 amide bonds. The van der Waals surface area contributed by atoms with Gasteiger partial charge in [0.15, 0.2) is 5.78 Å². The lowest BCUT2D eigenvalue weighted by Crippen LogP contribution is -2.38. The van der Waals surface area contributed by atoms with Gasteiger partial charge in [-0.25, -0.2) is 9.18 Å². The van der Waals surface area contributed by atoms with E-state index in [2.05, 4.69) is 0 Å². The van der Waals surface area contributed by atoms with Gasteiger partial charge in [0.1, 0.15) is 17.1 Å². The lowest BCUT2D eigenvalue weighted by atomic mass is 9.71. The lowest BCUT2D eigenvalue weighted by Gasteiger charge is -2.31. The number of benzene rings is 1. The minimum absolute atomic E-state index is 0.0827. The summed E-state index contributed by atoms with van der Waals surface area (Å²) in [5.74, 6) is -2.50. The van der Waals surface area contributed by atoms with Gasteiger partial charge in [-0.3, -0.25) is 4.79 Å². The van der Waals surface area contributed by atoms with Crippen molar-refractivity contribution in [2.75, 3.05) is 6.61 Å². The van der Waals surface area contributed by atoms with E-state index in [0.717, 1.165) is 6.07 Å². The minimum atomic E-state index is -1.03. The SMILES string of the molecule is CCOC(=O)C1=C(O)c2cc(F)ccc2C(C)(C)C1=O. The molecule has 1 aromatic carbocycles. The standard InChI is InChI=1S/C15H15FO4/c1-4-20-14(19)11-12(17)9-7-8(16)5-6-10(9)15(2,3)13(11)18/h5-7,17H,4H2,1-3H3. The molecule has 0 bridgehead atoms. The number of aliphatic hydroxyl groups is 1. The van der Waals surface area contributed by atoms with Crippen LogP contribution in [-0.4, -0.2) is 23.5 Å². The molecule has 1 aliphatic rings. The Kier molecular flexibility index (Phi) is 3.38. The molecule has 1 aliphatic carbocycles. The van der Waals surface area contributed by atoms with E-state index >= 15 is 0 Å². The Morgan fingerprint density at radius 1 is 1.40 bits per heavy atom. The molecule has 0 heterocycles. The molecule has 0 aromatic heterocycles. The number of Topliss-reactive ketones (excluding diaryl/α,β-unsaturated/α-hetero) is 1. The molecule has 20 heavy (non-hydrogen) atoms. The van der Waals surface area contributed by atoms with Crippen LogP contribution in [0.4, 0.5) is 4.39 Å². The highest BCUT2D eigenvalue weighted by molar-refractivity contribution is 6.26. The maximum atomic E-state index is 13.4. The third-order valence-electron chi connectivity index (χ3n) is 3.42. The largest absolute Gasteiger partial charge is 0.506 e. The number of rotatable bonds is 2. The zero-order chi connectivity index (χ0) is 15.1. The fourth-order valence-corrected chi connectivity index (χ4v) is 2.33. The van der Waals surface area contributed by atoms with Crippen molar-refractivity contribution in [3.63, 3.8) is 0 Å². The summed E-state index contributed by atoms with van der Waals surface area (Å²) < 4.78 is 18.1. The van der Waals surface area contributed by atoms with Crippen molar-refractivity contribution in [3.8, 4) is 0 Å². The van der Waals surface area contributed by atoms with Gasteiger partial charge in [-0.1, -0.05) is 6.07 Å². The first-order valence-electron chi connectivity index (χ1n) is 6.26. The maximum Gasteiger partial charge on any atom is 0.345 e. The van der Waals surface area contributed by atoms with Crippen molar-refractivity contribution in [2.24, 2.45) is 0 Å². The Hall–Kier alpha value is -2.17. The Labute approximate surface area is 115 Å². The Morgan fingerprint density at radius 3 is 2.65 bits per heavy atom. The Morgan fingerprint density at radius 2 is 2.05 bits per heavy atom. The van der Waals surface area contributed by atoms with E-state index in [1.807, 2.05) is 0 Å². The lowest BCUT2D eigenvalue weighted by molar-refractivity contribution is -0.140. The molecule has 1 N–H and O–H groups in total. The first-order valence-corrected chi connectivity index (χ1v) is 6.26. The fraction of sp³-hybridized carbons (Fsp3) is 0.333. The van der Waals surface area contributed by atoms with E-state index in [1.165, 1.54) is 12.1 Å². The quantitative estimate of drug-likeness (QED) is 0.667. The predicted octanol–water partition coefficient (Wildman–Crippen LogP) is 2.52. The van der Waals surface area contributed by atoms with E-state index in [0.29, 0.717) is 5.56 Å². The first-order chi connectivity index (χ1) is 9.30. The number of carbonyl (C=O) groups is 2. The number of ether oxygens (including phenoxy) is 1. The number of esters is 1. The first kappa shape index (κ1) is 14.2. The van der Waals surface area contributed by atoms with Crippen LogP contribution in [0.3, 0.4) is 0 Å². The smallest absolute Gasteiger partial charge is 0.345 e. The van der Waals surface area contributed by atoms with Crippen molar-refractivity contribution < 1.29 is 23.8 Å². The summed E-state index contributed by atoms with van der Waals surface area (Å²) in [6, 6.07) is 3.77. The molecular formula is C15H15FO4. The van der Waals surface area contributed by atoms with Crippen LogP contribution in [0.25, 0.3) is 5.76 Å². The maximum absolute atomic E-state index is 13.4. The van der Waals surface area contributed by atoms with Crippen LogP contribution in [0.2, 0.25) is 0 Å². The van der Waals surface area contributed by atoms with Gasteiger partial charge in [0.05, 0.1) is 12.0 Å². The molecule has 106 valence electrons. The van der Waals surface area contributed by atoms with E-state index in [1.54, 1.807) is 20.8 Å². The van der Waals surface area contributed by atoms with Gasteiger partial charge < -0.3 is 9.84 Å². The van der Waals surface area contributed by atoms with E-state index < -0.39 is 34.3 Å². The normalized spacial score (nSPS) is 16.9. The second-order valence-electron chi connectivity index (χ2n) is 5.09. The molecule has 0 spiro atoms. The fourth-order valence-electron chi connectivity index (χ4n) is 2.33. The Bertz CT molecular complexity index is 629. The average Bonchev–Trinajstić information content (AvgIpc) is 2.37. The van der Waals surface area contributed by atoms with Crippen LogP contribution in [0, 0.1) is 5.82 Å². The van der Waals surface area contributed by atoms with Crippen LogP contribution in [0.15, 0.2) is 23.8 Å². The third-order valence-corrected chi connectivity index (χ3v) is 3.42. The van der Waals surface area contributed by atoms with Crippen LogP contribution in [0.1, 0.15) is 31.9 Å². The van der Waals surface area contributed by atoms with Gasteiger partial charge in [-0.05, 0) is 38.5 Å². The van der Waals surface area contributed by atoms with E-state index in [4.69, 9.17) is 4.74 Å². The van der Waals surface area contributed by atoms with Crippen LogP contribution in [0.5, 0.6) is 0 Å². The molecule has 0 saturated carbocycles. The van der Waals surface area contributed by atoms with Gasteiger partial charge in [0.2, 0.25) is 0 Å². The van der Waals surface area contributed by atoms with Crippen molar-refractivity contribution in [1.82, 2.24) is 0 Å². The van der Waals surface area contributed by atoms with E-state index in [-0.39, 0.29) is 12.2 Å². The molecule has 0 fully saturated rings. The Balaban J connectivity index is 2.71. The van der Waals surface area contributed by atoms with Crippen LogP contribution < -0.4 is 0 Å². The summed E-state index contributed by atoms with van der Waals surface area (Å²) in [6.45, 7) is 4.93. The van der Waals surface area contributed by atoms with Crippen LogP contribution in [-0.2, 0) is 19.7 Å². The molecule has 2 rings (SSSR count). The number of hydrogen-bond acceptors (Lipinski definition) is 4. The summed E-state index contributed by atoms with van der Waals surface area (Å²) in [4.78, 5) is 24.3. The number of aliphatic hydroxyl groups excluding tert-OH is 1. The molecule has 5 heteroatoms. The van der Waals surface area contributed by atoms with Crippen molar-refractivity contribution >= 4 is 17.5 Å². The monoisotopic (exact) mass is 278 g/mol. The second kappa shape index (κ2) is 4.74. The molecular weight excluding hydrogens is 263 g/mol. The molecule has 4 nitrogen and oxygen atoms in total. The minimum Gasteiger partial charge on any atom is -0.506 e. The zero-order valence-electron chi connectivity index (χ0n) is 11.5. The van der Waals surface area contributed by atoms with E-state index in [9.17, 15) is 19.1 Å². The highest BCUT2D eigenvalue weighted by Crippen LogP contribution is 2.39. The molecule has 0 radical (unpaired) electrons. The topological polar surface area (TPSA) is 63.6 Å². The third kappa shape index (κ3) is 1.99. The van der Waals surface area contributed by atoms with Crippen molar-refractivity contribution in [2.45, 2.75) is 26.2 Å². The van der Waals surface area contributed by atoms with Crippen molar-refractivity contribution in [3.05, 3.63) is 40.7 Å². The van der Waals surface area contributed by atoms with Gasteiger partial charge in [0.25, 0.3) is 0 Å². The highest BCUT2D eigenvalue weighted by atomic mass is 19.1. The summed E-state index contributed by atoms with van der Waals surface area (Å²) in [7, 11) is 0. The summed E-state index contributed by atoms with van der Waals surface area (Å²) in [6.07, 6.45) is 0. The number of halogens is 1. The van der Waals surface area contributed by atoms with Gasteiger partial charge >= 0.3 is 5.97 Å². The molecule has 1 aromatic rings. The molecule has 0 aliphatic heterocycles. The number of hydrogen-bond donors (Lipinski definition) is 1. The average molecular weight is 278 g/mol. The number of carbonyl (C=O) groups excluding carboxylic acids is 2. The number of fused-ring (bicyclic) bond motifs is 1. The predicted molar refractivity (Wildman–Crippen MR) is 70.6 cm³/mol. The molecule has 0 unspecified atom stereocenters. The molecule has 0 saturated heterocycles. The summed E-state index contributed by atoms with van der Waals surface area (Å²) in [5, 5.41) is 10.1. The van der Waals surface area contributed by atoms with Crippen molar-refractivity contribution in [1.29, 1.82) is 0 Å². The molecule has 0 atom stereocenters. The summed E-state index contributed by atoms with van der Waals surface area (Å²) >= 11 is 0. The summed E-state index contributed by atoms with van der Waals surface area (Å²) in [5.41, 5.74) is -0.820. The highest BCUT2D eigenvalue weighted by Gasteiger charge is 2.43. The number of ketones is 1. The van der Waals surface area contributed by atoms with Gasteiger partial charge in [0, 0.05) is 5.56 Å². The van der Waals surface area contributed by atoms with Gasteiger partial charge in [-0.2, -0.15) is 0 Å².